The van der Waals surface area contributed by atoms with Crippen molar-refractivity contribution in [3.8, 4) is 0 Å². The van der Waals surface area contributed by atoms with E-state index in [2.05, 4.69) is 38.1 Å². The lowest BCUT2D eigenvalue weighted by atomic mass is 9.92. The van der Waals surface area contributed by atoms with E-state index in [1.54, 1.807) is 0 Å². The lowest BCUT2D eigenvalue weighted by molar-refractivity contribution is -0.118. The van der Waals surface area contributed by atoms with Gasteiger partial charge in [-0.1, -0.05) is 45.0 Å². The number of amides is 1. The quantitative estimate of drug-likeness (QED) is 0.812. The highest BCUT2D eigenvalue weighted by Gasteiger charge is 2.13. The fraction of sp³-hybridized carbons (Fsp3) is 0.533. The molecule has 0 bridgehead atoms. The highest BCUT2D eigenvalue weighted by molar-refractivity contribution is 5.73. The molecule has 0 aromatic heterocycles. The minimum atomic E-state index is -0.259. The zero-order valence-corrected chi connectivity index (χ0v) is 11.5. The lowest BCUT2D eigenvalue weighted by Crippen LogP contribution is -2.19. The molecule has 0 spiro atoms. The van der Waals surface area contributed by atoms with Crippen LogP contribution in [0.5, 0.6) is 0 Å². The van der Waals surface area contributed by atoms with E-state index < -0.39 is 0 Å². The number of carbonyl (C=O) groups is 1. The Balaban J connectivity index is 2.61. The van der Waals surface area contributed by atoms with E-state index in [9.17, 15) is 4.79 Å². The van der Waals surface area contributed by atoms with Gasteiger partial charge in [-0.15, -0.1) is 0 Å². The molecule has 100 valence electrons. The second-order valence-corrected chi connectivity index (χ2v) is 5.44. The summed E-state index contributed by atoms with van der Waals surface area (Å²) in [7, 11) is 0. The van der Waals surface area contributed by atoms with Crippen molar-refractivity contribution in [2.24, 2.45) is 17.4 Å². The van der Waals surface area contributed by atoms with Crippen LogP contribution in [0.15, 0.2) is 24.3 Å². The minimum Gasteiger partial charge on any atom is -0.370 e. The fourth-order valence-electron chi connectivity index (χ4n) is 2.12. The molecular weight excluding hydrogens is 224 g/mol. The van der Waals surface area contributed by atoms with Crippen LogP contribution < -0.4 is 11.5 Å². The van der Waals surface area contributed by atoms with E-state index in [0.29, 0.717) is 12.3 Å². The summed E-state index contributed by atoms with van der Waals surface area (Å²) in [4.78, 5) is 10.8. The Bertz CT molecular complexity index is 384. The Morgan fingerprint density at radius 3 is 2.06 bits per heavy atom. The minimum absolute atomic E-state index is 0.0273. The van der Waals surface area contributed by atoms with Gasteiger partial charge in [-0.3, -0.25) is 4.79 Å². The summed E-state index contributed by atoms with van der Waals surface area (Å²) in [6.07, 6.45) is 1.18. The van der Waals surface area contributed by atoms with Crippen LogP contribution in [-0.4, -0.2) is 5.91 Å². The van der Waals surface area contributed by atoms with E-state index in [4.69, 9.17) is 11.5 Å². The van der Waals surface area contributed by atoms with Gasteiger partial charge < -0.3 is 11.5 Å². The van der Waals surface area contributed by atoms with Gasteiger partial charge in [-0.05, 0) is 29.4 Å². The van der Waals surface area contributed by atoms with Crippen molar-refractivity contribution < 1.29 is 4.79 Å². The second-order valence-electron chi connectivity index (χ2n) is 5.44. The summed E-state index contributed by atoms with van der Waals surface area (Å²) in [5.41, 5.74) is 13.8. The van der Waals surface area contributed by atoms with Crippen LogP contribution in [0.4, 0.5) is 0 Å². The normalized spacial score (nSPS) is 14.5. The molecule has 3 nitrogen and oxygen atoms in total. The van der Waals surface area contributed by atoms with Crippen molar-refractivity contribution in [3.05, 3.63) is 35.4 Å². The van der Waals surface area contributed by atoms with Gasteiger partial charge in [0, 0.05) is 12.5 Å². The third kappa shape index (κ3) is 4.49. The third-order valence-corrected chi connectivity index (χ3v) is 3.24. The third-order valence-electron chi connectivity index (χ3n) is 3.24. The molecule has 1 aromatic rings. The molecule has 3 heteroatoms. The maximum atomic E-state index is 10.8. The number of benzene rings is 1. The zero-order chi connectivity index (χ0) is 13.7. The number of nitrogens with two attached hydrogens (primary N) is 2. The molecule has 1 amide bonds. The first-order chi connectivity index (χ1) is 8.40. The molecular formula is C15H24N2O. The average Bonchev–Trinajstić information content (AvgIpc) is 2.27. The van der Waals surface area contributed by atoms with Crippen molar-refractivity contribution in [1.29, 1.82) is 0 Å². The monoisotopic (exact) mass is 248 g/mol. The molecule has 0 fully saturated rings. The van der Waals surface area contributed by atoms with Gasteiger partial charge in [0.05, 0.1) is 0 Å². The molecule has 2 atom stereocenters. The van der Waals surface area contributed by atoms with E-state index in [1.165, 1.54) is 5.56 Å². The topological polar surface area (TPSA) is 69.1 Å². The second kappa shape index (κ2) is 6.55. The summed E-state index contributed by atoms with van der Waals surface area (Å²) in [6, 6.07) is 8.38. The molecule has 0 aliphatic heterocycles. The van der Waals surface area contributed by atoms with Crippen molar-refractivity contribution in [1.82, 2.24) is 0 Å². The van der Waals surface area contributed by atoms with Crippen LogP contribution in [0.2, 0.25) is 0 Å². The van der Waals surface area contributed by atoms with Gasteiger partial charge in [-0.2, -0.15) is 0 Å². The Labute approximate surface area is 110 Å². The van der Waals surface area contributed by atoms with Gasteiger partial charge in [0.25, 0.3) is 0 Å². The molecule has 0 heterocycles. The average molecular weight is 248 g/mol. The van der Waals surface area contributed by atoms with E-state index >= 15 is 0 Å². The highest BCUT2D eigenvalue weighted by Crippen LogP contribution is 2.23. The summed E-state index contributed by atoms with van der Waals surface area (Å²) >= 11 is 0. The largest absolute Gasteiger partial charge is 0.370 e. The van der Waals surface area contributed by atoms with Crippen LogP contribution in [0.1, 0.15) is 56.7 Å². The molecule has 0 aliphatic carbocycles. The Morgan fingerprint density at radius 1 is 1.11 bits per heavy atom. The predicted octanol–water partition coefficient (Wildman–Crippen LogP) is 2.71. The highest BCUT2D eigenvalue weighted by atomic mass is 16.1. The van der Waals surface area contributed by atoms with Gasteiger partial charge >= 0.3 is 0 Å². The number of carbonyl (C=O) groups excluding carboxylic acids is 1. The number of primary amides is 1. The van der Waals surface area contributed by atoms with Crippen molar-refractivity contribution in [3.63, 3.8) is 0 Å². The van der Waals surface area contributed by atoms with Crippen LogP contribution in [0.3, 0.4) is 0 Å². The van der Waals surface area contributed by atoms with Gasteiger partial charge in [0.15, 0.2) is 0 Å². The van der Waals surface area contributed by atoms with Crippen LogP contribution in [0, 0.1) is 5.92 Å². The number of hydrogen-bond acceptors (Lipinski definition) is 2. The fourth-order valence-corrected chi connectivity index (χ4v) is 2.12. The Kier molecular flexibility index (Phi) is 5.35. The molecule has 0 aliphatic rings. The van der Waals surface area contributed by atoms with Crippen molar-refractivity contribution in [2.45, 2.75) is 45.6 Å². The lowest BCUT2D eigenvalue weighted by Gasteiger charge is -2.17. The molecule has 2 unspecified atom stereocenters. The summed E-state index contributed by atoms with van der Waals surface area (Å²) < 4.78 is 0. The molecule has 0 saturated heterocycles. The van der Waals surface area contributed by atoms with Crippen LogP contribution in [-0.2, 0) is 4.79 Å². The maximum absolute atomic E-state index is 10.8. The molecule has 0 radical (unpaired) electrons. The maximum Gasteiger partial charge on any atom is 0.217 e. The number of rotatable bonds is 6. The molecule has 18 heavy (non-hydrogen) atoms. The van der Waals surface area contributed by atoms with E-state index in [1.807, 2.05) is 6.92 Å². The summed E-state index contributed by atoms with van der Waals surface area (Å²) in [5, 5.41) is 0. The molecule has 4 N–H and O–H groups in total. The first kappa shape index (κ1) is 14.7. The van der Waals surface area contributed by atoms with Crippen LogP contribution >= 0.6 is 0 Å². The Morgan fingerprint density at radius 2 is 1.61 bits per heavy atom. The Hall–Kier alpha value is -1.35. The van der Waals surface area contributed by atoms with Crippen molar-refractivity contribution in [2.75, 3.05) is 0 Å². The van der Waals surface area contributed by atoms with E-state index in [-0.39, 0.29) is 17.9 Å². The van der Waals surface area contributed by atoms with Crippen LogP contribution in [0.25, 0.3) is 0 Å². The SMILES string of the molecule is CC(CC(N)=O)CC(N)c1ccc(C(C)C)cc1. The molecule has 1 rings (SSSR count). The number of hydrogen-bond donors (Lipinski definition) is 2. The van der Waals surface area contributed by atoms with Crippen molar-refractivity contribution >= 4 is 5.91 Å². The molecule has 1 aromatic carbocycles. The standard InChI is InChI=1S/C15H24N2O/c1-10(2)12-4-6-13(7-5-12)14(16)8-11(3)9-15(17)18/h4-7,10-11,14H,8-9,16H2,1-3H3,(H2,17,18). The first-order valence-electron chi connectivity index (χ1n) is 6.54. The summed E-state index contributed by atoms with van der Waals surface area (Å²) in [6.45, 7) is 6.35. The predicted molar refractivity (Wildman–Crippen MR) is 75.1 cm³/mol. The molecule has 0 saturated carbocycles. The zero-order valence-electron chi connectivity index (χ0n) is 11.5. The van der Waals surface area contributed by atoms with Gasteiger partial charge in [-0.25, -0.2) is 0 Å². The first-order valence-corrected chi connectivity index (χ1v) is 6.54. The van der Waals surface area contributed by atoms with Gasteiger partial charge in [0.1, 0.15) is 0 Å². The van der Waals surface area contributed by atoms with E-state index in [0.717, 1.165) is 12.0 Å². The summed E-state index contributed by atoms with van der Waals surface area (Å²) in [5.74, 6) is 0.496. The smallest absolute Gasteiger partial charge is 0.217 e. The van der Waals surface area contributed by atoms with Gasteiger partial charge in [0.2, 0.25) is 5.91 Å².